The molecule has 0 radical (unpaired) electrons. The van der Waals surface area contributed by atoms with Gasteiger partial charge < -0.3 is 14.5 Å². The van der Waals surface area contributed by atoms with Gasteiger partial charge in [-0.05, 0) is 75.8 Å². The third-order valence-electron chi connectivity index (χ3n) is 10.8. The summed E-state index contributed by atoms with van der Waals surface area (Å²) in [6, 6.07) is 52.4. The standard InChI is InChI=1S/C44H30N4O/c1-46-27-47-41-26-29(49-28-20-22-33-32-13-4-7-17-38(32)48(40(33)25-28)42-19-8-9-24-45-42)21-23-36(41)44(37-16-10-18-39(46)43(37)47)34-14-5-2-11-30(34)31-12-3-6-15-35(31)44/h2-26H,27H2,1H3. The fourth-order valence-electron chi connectivity index (χ4n) is 8.94. The van der Waals surface area contributed by atoms with Crippen molar-refractivity contribution in [3.8, 4) is 28.4 Å². The molecule has 0 bridgehead atoms. The van der Waals surface area contributed by atoms with Gasteiger partial charge in [0.2, 0.25) is 0 Å². The average molecular weight is 631 g/mol. The first-order valence-electron chi connectivity index (χ1n) is 16.8. The van der Waals surface area contributed by atoms with Crippen LogP contribution in [-0.2, 0) is 5.41 Å². The summed E-state index contributed by atoms with van der Waals surface area (Å²) < 4.78 is 9.00. The molecular weight excluding hydrogens is 601 g/mol. The Hall–Kier alpha value is -6.33. The van der Waals surface area contributed by atoms with Gasteiger partial charge in [-0.3, -0.25) is 4.57 Å². The Morgan fingerprint density at radius 2 is 1.27 bits per heavy atom. The van der Waals surface area contributed by atoms with Crippen LogP contribution in [0.3, 0.4) is 0 Å². The lowest BCUT2D eigenvalue weighted by Crippen LogP contribution is -2.37. The molecule has 0 N–H and O–H groups in total. The van der Waals surface area contributed by atoms with Gasteiger partial charge in [0.25, 0.3) is 0 Å². The number of benzene rings is 6. The van der Waals surface area contributed by atoms with Crippen molar-refractivity contribution >= 4 is 38.9 Å². The molecule has 0 atom stereocenters. The molecule has 2 aliphatic heterocycles. The Bertz CT molecular complexity index is 2610. The van der Waals surface area contributed by atoms with Crippen molar-refractivity contribution in [1.29, 1.82) is 0 Å². The first-order valence-corrected chi connectivity index (χ1v) is 16.8. The van der Waals surface area contributed by atoms with Crippen LogP contribution in [0.1, 0.15) is 22.3 Å². The normalized spacial score (nSPS) is 14.6. The van der Waals surface area contributed by atoms with Gasteiger partial charge in [-0.15, -0.1) is 0 Å². The average Bonchev–Trinajstić information content (AvgIpc) is 3.77. The van der Waals surface area contributed by atoms with E-state index >= 15 is 0 Å². The molecule has 49 heavy (non-hydrogen) atoms. The Labute approximate surface area is 283 Å². The van der Waals surface area contributed by atoms with Crippen molar-refractivity contribution in [1.82, 2.24) is 9.55 Å². The zero-order valence-electron chi connectivity index (χ0n) is 26.8. The van der Waals surface area contributed by atoms with Crippen molar-refractivity contribution in [2.45, 2.75) is 5.41 Å². The lowest BCUT2D eigenvalue weighted by Gasteiger charge is -2.43. The van der Waals surface area contributed by atoms with Gasteiger partial charge in [0, 0.05) is 36.1 Å². The molecule has 6 aromatic carbocycles. The van der Waals surface area contributed by atoms with Crippen LogP contribution in [0.15, 0.2) is 152 Å². The van der Waals surface area contributed by atoms with E-state index in [2.05, 4.69) is 155 Å². The van der Waals surface area contributed by atoms with Gasteiger partial charge >= 0.3 is 0 Å². The van der Waals surface area contributed by atoms with Crippen molar-refractivity contribution in [3.05, 3.63) is 174 Å². The number of hydrogen-bond donors (Lipinski definition) is 0. The van der Waals surface area contributed by atoms with Crippen LogP contribution < -0.4 is 14.5 Å². The SMILES string of the molecule is CN1CN2c3cc(Oc4ccc5c6ccccc6n(-c6ccccn6)c5c4)ccc3C3(c4ccccc4-c4ccccc43)c3cccc1c32. The maximum atomic E-state index is 6.78. The van der Waals surface area contributed by atoms with Crippen LogP contribution in [0.4, 0.5) is 17.1 Å². The van der Waals surface area contributed by atoms with Crippen molar-refractivity contribution in [2.24, 2.45) is 0 Å². The predicted octanol–water partition coefficient (Wildman–Crippen LogP) is 10.2. The molecule has 0 amide bonds. The highest BCUT2D eigenvalue weighted by Gasteiger charge is 2.53. The molecule has 232 valence electrons. The summed E-state index contributed by atoms with van der Waals surface area (Å²) in [6.45, 7) is 0.776. The second-order valence-corrected chi connectivity index (χ2v) is 13.3. The van der Waals surface area contributed by atoms with E-state index in [4.69, 9.17) is 9.72 Å². The van der Waals surface area contributed by atoms with Crippen LogP contribution in [0.2, 0.25) is 0 Å². The van der Waals surface area contributed by atoms with Crippen LogP contribution in [0.25, 0.3) is 38.8 Å². The zero-order chi connectivity index (χ0) is 32.3. The third kappa shape index (κ3) is 3.41. The summed E-state index contributed by atoms with van der Waals surface area (Å²) in [7, 11) is 2.19. The molecule has 0 saturated carbocycles. The van der Waals surface area contributed by atoms with E-state index in [0.29, 0.717) is 0 Å². The predicted molar refractivity (Wildman–Crippen MR) is 198 cm³/mol. The number of anilines is 3. The summed E-state index contributed by atoms with van der Waals surface area (Å²) in [4.78, 5) is 9.54. The van der Waals surface area contributed by atoms with E-state index < -0.39 is 5.41 Å². The Morgan fingerprint density at radius 1 is 0.571 bits per heavy atom. The minimum absolute atomic E-state index is 0.434. The quantitative estimate of drug-likeness (QED) is 0.195. The van der Waals surface area contributed by atoms with Crippen molar-refractivity contribution in [3.63, 3.8) is 0 Å². The van der Waals surface area contributed by atoms with Crippen LogP contribution in [-0.4, -0.2) is 23.3 Å². The monoisotopic (exact) mass is 630 g/mol. The van der Waals surface area contributed by atoms with Crippen molar-refractivity contribution in [2.75, 3.05) is 23.5 Å². The number of nitrogens with zero attached hydrogens (tertiary/aromatic N) is 4. The molecule has 0 saturated heterocycles. The molecule has 0 fully saturated rings. The lowest BCUT2D eigenvalue weighted by atomic mass is 9.65. The zero-order valence-corrected chi connectivity index (χ0v) is 26.8. The van der Waals surface area contributed by atoms with Gasteiger partial charge in [-0.25, -0.2) is 4.98 Å². The van der Waals surface area contributed by atoms with E-state index in [9.17, 15) is 0 Å². The Morgan fingerprint density at radius 3 is 2.08 bits per heavy atom. The number of hydrogen-bond acceptors (Lipinski definition) is 4. The third-order valence-corrected chi connectivity index (χ3v) is 10.8. The van der Waals surface area contributed by atoms with Crippen molar-refractivity contribution < 1.29 is 4.74 Å². The second-order valence-electron chi connectivity index (χ2n) is 13.3. The highest BCUT2D eigenvalue weighted by atomic mass is 16.5. The summed E-state index contributed by atoms with van der Waals surface area (Å²) in [5, 5.41) is 2.36. The maximum Gasteiger partial charge on any atom is 0.137 e. The van der Waals surface area contributed by atoms with Gasteiger partial charge in [0.15, 0.2) is 0 Å². The van der Waals surface area contributed by atoms with E-state index in [0.717, 1.165) is 35.0 Å². The van der Waals surface area contributed by atoms with Crippen LogP contribution in [0.5, 0.6) is 11.5 Å². The molecule has 8 aromatic rings. The van der Waals surface area contributed by atoms with E-state index in [-0.39, 0.29) is 0 Å². The number of aromatic nitrogens is 2. The molecule has 5 nitrogen and oxygen atoms in total. The summed E-state index contributed by atoms with van der Waals surface area (Å²) in [5.41, 5.74) is 13.4. The van der Waals surface area contributed by atoms with E-state index in [1.807, 2.05) is 18.3 Å². The summed E-state index contributed by atoms with van der Waals surface area (Å²) in [5.74, 6) is 2.48. The molecule has 0 unspecified atom stereocenters. The summed E-state index contributed by atoms with van der Waals surface area (Å²) in [6.07, 6.45) is 1.84. The molecular formula is C44H30N4O. The van der Waals surface area contributed by atoms with Gasteiger partial charge in [0.1, 0.15) is 17.3 Å². The molecule has 1 aliphatic carbocycles. The molecule has 2 aromatic heterocycles. The van der Waals surface area contributed by atoms with E-state index in [1.165, 1.54) is 61.2 Å². The van der Waals surface area contributed by atoms with Gasteiger partial charge in [0.05, 0.1) is 40.2 Å². The second kappa shape index (κ2) is 9.61. The Kier molecular flexibility index (Phi) is 5.24. The topological polar surface area (TPSA) is 33.5 Å². The fraction of sp³-hybridized carbons (Fsp3) is 0.0682. The molecule has 5 heteroatoms. The molecule has 4 heterocycles. The van der Waals surface area contributed by atoms with Gasteiger partial charge in [-0.2, -0.15) is 0 Å². The highest BCUT2D eigenvalue weighted by Crippen LogP contribution is 2.64. The maximum absolute atomic E-state index is 6.78. The number of para-hydroxylation sites is 2. The first-order chi connectivity index (χ1) is 24.2. The molecule has 3 aliphatic rings. The first kappa shape index (κ1) is 26.7. The highest BCUT2D eigenvalue weighted by molar-refractivity contribution is 6.09. The number of rotatable bonds is 3. The van der Waals surface area contributed by atoms with E-state index in [1.54, 1.807) is 0 Å². The lowest BCUT2D eigenvalue weighted by molar-refractivity contribution is 0.482. The van der Waals surface area contributed by atoms with Gasteiger partial charge in [-0.1, -0.05) is 91.0 Å². The Balaban J connectivity index is 1.11. The smallest absolute Gasteiger partial charge is 0.137 e. The molecule has 11 rings (SSSR count). The van der Waals surface area contributed by atoms with Crippen LogP contribution in [0, 0.1) is 0 Å². The van der Waals surface area contributed by atoms with Crippen LogP contribution >= 0.6 is 0 Å². The number of ether oxygens (including phenoxy) is 1. The fourth-order valence-corrected chi connectivity index (χ4v) is 8.94. The summed E-state index contributed by atoms with van der Waals surface area (Å²) >= 11 is 0. The minimum atomic E-state index is -0.434. The molecule has 1 spiro atoms. The minimum Gasteiger partial charge on any atom is -0.457 e. The number of pyridine rings is 1. The largest absolute Gasteiger partial charge is 0.457 e. The number of fused-ring (bicyclic) bond motifs is 12.